The molecule has 6 nitrogen and oxygen atoms in total. The van der Waals surface area contributed by atoms with E-state index in [-0.39, 0.29) is 5.91 Å². The Labute approximate surface area is 130 Å². The molecule has 3 rings (SSSR count). The van der Waals surface area contributed by atoms with Gasteiger partial charge in [0.15, 0.2) is 5.65 Å². The Morgan fingerprint density at radius 2 is 2.18 bits per heavy atom. The van der Waals surface area contributed by atoms with Crippen LogP contribution in [0.1, 0.15) is 42.2 Å². The highest BCUT2D eigenvalue weighted by molar-refractivity contribution is 5.97. The first-order valence-corrected chi connectivity index (χ1v) is 8.03. The molecule has 1 aliphatic rings. The van der Waals surface area contributed by atoms with Gasteiger partial charge in [-0.1, -0.05) is 6.92 Å². The van der Waals surface area contributed by atoms with Crippen molar-refractivity contribution < 1.29 is 4.79 Å². The average Bonchev–Trinajstić information content (AvgIpc) is 2.93. The molecule has 0 saturated carbocycles. The number of nitrogens with one attached hydrogen (secondary N) is 2. The van der Waals surface area contributed by atoms with E-state index in [0.29, 0.717) is 17.3 Å². The Kier molecular flexibility index (Phi) is 4.38. The second kappa shape index (κ2) is 6.44. The molecule has 2 aromatic rings. The predicted molar refractivity (Wildman–Crippen MR) is 85.8 cm³/mol. The molecular weight excluding hydrogens is 278 g/mol. The van der Waals surface area contributed by atoms with E-state index in [1.54, 1.807) is 6.20 Å². The fourth-order valence-corrected chi connectivity index (χ4v) is 3.11. The van der Waals surface area contributed by atoms with Gasteiger partial charge in [-0.3, -0.25) is 9.89 Å². The van der Waals surface area contributed by atoms with E-state index in [9.17, 15) is 4.79 Å². The number of aromatic amines is 1. The molecule has 0 aliphatic carbocycles. The lowest BCUT2D eigenvalue weighted by atomic mass is 10.0. The minimum absolute atomic E-state index is 0.0868. The quantitative estimate of drug-likeness (QED) is 0.904. The lowest BCUT2D eigenvalue weighted by Crippen LogP contribution is -2.46. The van der Waals surface area contributed by atoms with E-state index in [2.05, 4.69) is 27.4 Å². The topological polar surface area (TPSA) is 73.9 Å². The van der Waals surface area contributed by atoms with Gasteiger partial charge in [-0.25, -0.2) is 4.98 Å². The van der Waals surface area contributed by atoms with Gasteiger partial charge in [0.05, 0.1) is 5.56 Å². The summed E-state index contributed by atoms with van der Waals surface area (Å²) in [5, 5.41) is 11.3. The number of aryl methyl sites for hydroxylation is 1. The van der Waals surface area contributed by atoms with Crippen molar-refractivity contribution in [3.05, 3.63) is 23.5 Å². The lowest BCUT2D eigenvalue weighted by molar-refractivity contribution is 0.0642. The summed E-state index contributed by atoms with van der Waals surface area (Å²) >= 11 is 0. The van der Waals surface area contributed by atoms with E-state index < -0.39 is 0 Å². The molecule has 118 valence electrons. The van der Waals surface area contributed by atoms with Gasteiger partial charge < -0.3 is 10.2 Å². The van der Waals surface area contributed by atoms with Gasteiger partial charge in [0.2, 0.25) is 0 Å². The number of piperidine rings is 1. The van der Waals surface area contributed by atoms with Crippen LogP contribution in [0.25, 0.3) is 11.0 Å². The third kappa shape index (κ3) is 2.83. The van der Waals surface area contributed by atoms with Crippen molar-refractivity contribution >= 4 is 16.9 Å². The van der Waals surface area contributed by atoms with Crippen LogP contribution in [-0.4, -0.2) is 51.7 Å². The molecule has 6 heteroatoms. The number of pyridine rings is 1. The van der Waals surface area contributed by atoms with Crippen molar-refractivity contribution in [1.82, 2.24) is 25.4 Å². The van der Waals surface area contributed by atoms with Gasteiger partial charge in [0.25, 0.3) is 5.91 Å². The third-order valence-electron chi connectivity index (χ3n) is 4.32. The summed E-state index contributed by atoms with van der Waals surface area (Å²) in [6.45, 7) is 6.82. The fraction of sp³-hybridized carbons (Fsp3) is 0.562. The summed E-state index contributed by atoms with van der Waals surface area (Å²) in [6, 6.07) is 2.24. The normalized spacial score (nSPS) is 16.1. The minimum Gasteiger partial charge on any atom is -0.336 e. The molecule has 1 fully saturated rings. The highest BCUT2D eigenvalue weighted by Crippen LogP contribution is 2.19. The molecule has 22 heavy (non-hydrogen) atoms. The summed E-state index contributed by atoms with van der Waals surface area (Å²) in [6.07, 6.45) is 4.66. The van der Waals surface area contributed by atoms with Crippen LogP contribution in [-0.2, 0) is 0 Å². The monoisotopic (exact) mass is 301 g/mol. The van der Waals surface area contributed by atoms with Crippen LogP contribution >= 0.6 is 0 Å². The van der Waals surface area contributed by atoms with E-state index >= 15 is 0 Å². The summed E-state index contributed by atoms with van der Waals surface area (Å²) in [4.78, 5) is 19.3. The van der Waals surface area contributed by atoms with Gasteiger partial charge in [-0.15, -0.1) is 0 Å². The molecule has 0 aromatic carbocycles. The Bertz CT molecular complexity index is 660. The molecule has 3 heterocycles. The van der Waals surface area contributed by atoms with E-state index in [0.717, 1.165) is 50.0 Å². The van der Waals surface area contributed by atoms with Crippen LogP contribution in [0.15, 0.2) is 12.3 Å². The number of nitrogens with zero attached hydrogens (tertiary/aromatic N) is 3. The van der Waals surface area contributed by atoms with Gasteiger partial charge in [0, 0.05) is 29.9 Å². The Morgan fingerprint density at radius 3 is 2.91 bits per heavy atom. The molecule has 0 radical (unpaired) electrons. The van der Waals surface area contributed by atoms with Crippen LogP contribution in [0, 0.1) is 6.92 Å². The standard InChI is InChI=1S/C16H23N5O/c1-3-8-21(13-4-6-17-7-5-13)16(22)12-9-14-11(2)19-20-15(14)18-10-12/h9-10,13,17H,3-8H2,1-2H3,(H,18,19,20). The van der Waals surface area contributed by atoms with Crippen molar-refractivity contribution in [2.75, 3.05) is 19.6 Å². The summed E-state index contributed by atoms with van der Waals surface area (Å²) in [7, 11) is 0. The number of carbonyl (C=O) groups is 1. The van der Waals surface area contributed by atoms with Crippen molar-refractivity contribution in [1.29, 1.82) is 0 Å². The molecule has 0 unspecified atom stereocenters. The molecule has 1 saturated heterocycles. The molecule has 1 aliphatic heterocycles. The minimum atomic E-state index is 0.0868. The Hall–Kier alpha value is -1.95. The average molecular weight is 301 g/mol. The van der Waals surface area contributed by atoms with Gasteiger partial charge in [0.1, 0.15) is 0 Å². The highest BCUT2D eigenvalue weighted by atomic mass is 16.2. The van der Waals surface area contributed by atoms with Crippen molar-refractivity contribution in [2.45, 2.75) is 39.2 Å². The van der Waals surface area contributed by atoms with E-state index in [1.807, 2.05) is 17.9 Å². The van der Waals surface area contributed by atoms with Gasteiger partial charge in [-0.05, 0) is 45.3 Å². The van der Waals surface area contributed by atoms with Crippen LogP contribution in [0.3, 0.4) is 0 Å². The number of fused-ring (bicyclic) bond motifs is 1. The second-order valence-electron chi connectivity index (χ2n) is 5.92. The maximum Gasteiger partial charge on any atom is 0.255 e. The Morgan fingerprint density at radius 1 is 1.41 bits per heavy atom. The molecule has 0 atom stereocenters. The molecule has 2 N–H and O–H groups in total. The van der Waals surface area contributed by atoms with Crippen molar-refractivity contribution in [2.24, 2.45) is 0 Å². The summed E-state index contributed by atoms with van der Waals surface area (Å²) < 4.78 is 0. The largest absolute Gasteiger partial charge is 0.336 e. The van der Waals surface area contributed by atoms with Gasteiger partial charge >= 0.3 is 0 Å². The number of H-pyrrole nitrogens is 1. The van der Waals surface area contributed by atoms with E-state index in [1.165, 1.54) is 0 Å². The smallest absolute Gasteiger partial charge is 0.255 e. The number of carbonyl (C=O) groups excluding carboxylic acids is 1. The Balaban J connectivity index is 1.88. The number of amides is 1. The fourth-order valence-electron chi connectivity index (χ4n) is 3.11. The number of rotatable bonds is 4. The predicted octanol–water partition coefficient (Wildman–Crippen LogP) is 1.87. The summed E-state index contributed by atoms with van der Waals surface area (Å²) in [5.74, 6) is 0.0868. The number of hydrogen-bond acceptors (Lipinski definition) is 4. The summed E-state index contributed by atoms with van der Waals surface area (Å²) in [5.41, 5.74) is 2.27. The van der Waals surface area contributed by atoms with Crippen LogP contribution in [0.4, 0.5) is 0 Å². The first kappa shape index (κ1) is 15.0. The molecular formula is C16H23N5O. The highest BCUT2D eigenvalue weighted by Gasteiger charge is 2.26. The number of aromatic nitrogens is 3. The maximum absolute atomic E-state index is 12.9. The molecule has 0 bridgehead atoms. The zero-order valence-corrected chi connectivity index (χ0v) is 13.2. The van der Waals surface area contributed by atoms with Crippen LogP contribution in [0.2, 0.25) is 0 Å². The molecule has 2 aromatic heterocycles. The molecule has 1 amide bonds. The lowest BCUT2D eigenvalue weighted by Gasteiger charge is -2.34. The van der Waals surface area contributed by atoms with Crippen molar-refractivity contribution in [3.8, 4) is 0 Å². The zero-order chi connectivity index (χ0) is 15.5. The number of hydrogen-bond donors (Lipinski definition) is 2. The van der Waals surface area contributed by atoms with Gasteiger partial charge in [-0.2, -0.15) is 5.10 Å². The first-order chi connectivity index (χ1) is 10.7. The SMILES string of the molecule is CCCN(C(=O)c1cnc2n[nH]c(C)c2c1)C1CCNCC1. The molecule has 0 spiro atoms. The van der Waals surface area contributed by atoms with Crippen molar-refractivity contribution in [3.63, 3.8) is 0 Å². The van der Waals surface area contributed by atoms with E-state index in [4.69, 9.17) is 0 Å². The van der Waals surface area contributed by atoms with Crippen LogP contribution < -0.4 is 5.32 Å². The first-order valence-electron chi connectivity index (χ1n) is 8.03. The zero-order valence-electron chi connectivity index (χ0n) is 13.2. The van der Waals surface area contributed by atoms with Crippen LogP contribution in [0.5, 0.6) is 0 Å². The maximum atomic E-state index is 12.9. The third-order valence-corrected chi connectivity index (χ3v) is 4.32. The second-order valence-corrected chi connectivity index (χ2v) is 5.92.